The van der Waals surface area contributed by atoms with Gasteiger partial charge in [0.1, 0.15) is 18.0 Å². The fourth-order valence-electron chi connectivity index (χ4n) is 4.62. The second-order valence-corrected chi connectivity index (χ2v) is 11.1. The Morgan fingerprint density at radius 2 is 1.90 bits per heavy atom. The molecule has 11 nitrogen and oxygen atoms in total. The first-order valence-corrected chi connectivity index (χ1v) is 14.1. The van der Waals surface area contributed by atoms with Crippen LogP contribution in [0.25, 0.3) is 28.0 Å². The molecule has 0 radical (unpaired) electrons. The number of fused-ring (bicyclic) bond motifs is 1. The summed E-state index contributed by atoms with van der Waals surface area (Å²) in [7, 11) is -3.61. The summed E-state index contributed by atoms with van der Waals surface area (Å²) in [6, 6.07) is 15.7. The molecule has 1 fully saturated rings. The minimum Gasteiger partial charge on any atom is -0.487 e. The van der Waals surface area contributed by atoms with E-state index in [0.29, 0.717) is 23.7 Å². The SMILES string of the molecule is O=c1nc2[nH]c(-c3ccc(S(=O)(=O)NC4CCNCC4)cc3)cc2cn1-c1cccc(OCc2cnc[nH]2)c1. The molecule has 1 aliphatic heterocycles. The number of imidazole rings is 1. The van der Waals surface area contributed by atoms with Crippen molar-refractivity contribution in [1.29, 1.82) is 0 Å². The number of benzene rings is 2. The van der Waals surface area contributed by atoms with Gasteiger partial charge in [-0.15, -0.1) is 0 Å². The zero-order valence-corrected chi connectivity index (χ0v) is 21.7. The molecule has 0 aliphatic carbocycles. The van der Waals surface area contributed by atoms with Crippen LogP contribution in [0.4, 0.5) is 0 Å². The summed E-state index contributed by atoms with van der Waals surface area (Å²) in [5, 5.41) is 3.97. The van der Waals surface area contributed by atoms with Gasteiger partial charge in [-0.1, -0.05) is 18.2 Å². The molecule has 5 aromatic rings. The monoisotopic (exact) mass is 545 g/mol. The Balaban J connectivity index is 1.23. The maximum absolute atomic E-state index is 12.9. The highest BCUT2D eigenvalue weighted by Crippen LogP contribution is 2.25. The lowest BCUT2D eigenvalue weighted by Gasteiger charge is -2.23. The number of piperidine rings is 1. The first-order valence-electron chi connectivity index (χ1n) is 12.6. The second kappa shape index (κ2) is 10.5. The van der Waals surface area contributed by atoms with Crippen molar-refractivity contribution < 1.29 is 13.2 Å². The summed E-state index contributed by atoms with van der Waals surface area (Å²) in [6.45, 7) is 1.93. The lowest BCUT2D eigenvalue weighted by molar-refractivity contribution is 0.302. The molecule has 200 valence electrons. The molecule has 0 bridgehead atoms. The number of hydrogen-bond donors (Lipinski definition) is 4. The summed E-state index contributed by atoms with van der Waals surface area (Å²) >= 11 is 0. The van der Waals surface area contributed by atoms with Gasteiger partial charge in [-0.2, -0.15) is 4.98 Å². The van der Waals surface area contributed by atoms with Crippen LogP contribution in [0.5, 0.6) is 5.75 Å². The van der Waals surface area contributed by atoms with Crippen LogP contribution in [0.1, 0.15) is 18.5 Å². The molecule has 0 spiro atoms. The van der Waals surface area contributed by atoms with Gasteiger partial charge in [-0.3, -0.25) is 4.57 Å². The van der Waals surface area contributed by atoms with Crippen LogP contribution < -0.4 is 20.5 Å². The van der Waals surface area contributed by atoms with Crippen molar-refractivity contribution in [2.45, 2.75) is 30.4 Å². The van der Waals surface area contributed by atoms with Crippen LogP contribution in [0.15, 0.2) is 83.0 Å². The molecule has 2 aromatic carbocycles. The van der Waals surface area contributed by atoms with Gasteiger partial charge in [0.15, 0.2) is 0 Å². The molecule has 0 saturated carbocycles. The van der Waals surface area contributed by atoms with Crippen molar-refractivity contribution in [2.75, 3.05) is 13.1 Å². The van der Waals surface area contributed by atoms with Gasteiger partial charge in [0, 0.05) is 29.4 Å². The fraction of sp³-hybridized carbons (Fsp3) is 0.222. The van der Waals surface area contributed by atoms with Gasteiger partial charge in [-0.05, 0) is 61.8 Å². The third-order valence-corrected chi connectivity index (χ3v) is 8.23. The van der Waals surface area contributed by atoms with E-state index in [1.807, 2.05) is 24.3 Å². The van der Waals surface area contributed by atoms with Crippen LogP contribution in [0.2, 0.25) is 0 Å². The maximum atomic E-state index is 12.9. The highest BCUT2D eigenvalue weighted by atomic mass is 32.2. The van der Waals surface area contributed by atoms with Crippen LogP contribution in [-0.2, 0) is 16.6 Å². The zero-order valence-electron chi connectivity index (χ0n) is 20.9. The average molecular weight is 546 g/mol. The Kier molecular flexibility index (Phi) is 6.73. The third kappa shape index (κ3) is 5.48. The van der Waals surface area contributed by atoms with Crippen LogP contribution in [-0.4, -0.2) is 52.1 Å². The van der Waals surface area contributed by atoms with E-state index in [2.05, 4.69) is 30.0 Å². The van der Waals surface area contributed by atoms with Gasteiger partial charge in [0.25, 0.3) is 0 Å². The summed E-state index contributed by atoms with van der Waals surface area (Å²) < 4.78 is 35.7. The van der Waals surface area contributed by atoms with Gasteiger partial charge >= 0.3 is 5.69 Å². The number of aromatic amines is 2. The van der Waals surface area contributed by atoms with Gasteiger partial charge in [0.2, 0.25) is 10.0 Å². The van der Waals surface area contributed by atoms with Gasteiger partial charge < -0.3 is 20.0 Å². The quantitative estimate of drug-likeness (QED) is 0.234. The number of nitrogens with one attached hydrogen (secondary N) is 4. The molecular weight excluding hydrogens is 518 g/mol. The first kappa shape index (κ1) is 25.0. The molecule has 3 aromatic heterocycles. The molecule has 1 saturated heterocycles. The number of nitrogens with zero attached hydrogens (tertiary/aromatic N) is 3. The molecule has 4 N–H and O–H groups in total. The Hall–Kier alpha value is -4.26. The minimum atomic E-state index is -3.61. The van der Waals surface area contributed by atoms with Crippen LogP contribution in [0, 0.1) is 0 Å². The molecule has 12 heteroatoms. The largest absolute Gasteiger partial charge is 0.487 e. The maximum Gasteiger partial charge on any atom is 0.354 e. The number of ether oxygens (including phenoxy) is 1. The normalized spacial score (nSPS) is 14.6. The smallest absolute Gasteiger partial charge is 0.354 e. The molecule has 0 unspecified atom stereocenters. The van der Waals surface area contributed by atoms with E-state index in [1.165, 1.54) is 4.57 Å². The predicted molar refractivity (Wildman–Crippen MR) is 146 cm³/mol. The van der Waals surface area contributed by atoms with Gasteiger partial charge in [0.05, 0.1) is 28.8 Å². The Bertz CT molecular complexity index is 1750. The second-order valence-electron chi connectivity index (χ2n) is 9.41. The van der Waals surface area contributed by atoms with E-state index < -0.39 is 15.7 Å². The van der Waals surface area contributed by atoms with E-state index in [-0.39, 0.29) is 10.9 Å². The summed E-state index contributed by atoms with van der Waals surface area (Å²) in [5.74, 6) is 0.605. The van der Waals surface area contributed by atoms with Crippen LogP contribution in [0.3, 0.4) is 0 Å². The Morgan fingerprint density at radius 3 is 2.67 bits per heavy atom. The van der Waals surface area contributed by atoms with Crippen LogP contribution >= 0.6 is 0 Å². The molecular formula is C27H27N7O4S. The first-order chi connectivity index (χ1) is 18.9. The van der Waals surface area contributed by atoms with E-state index >= 15 is 0 Å². The summed E-state index contributed by atoms with van der Waals surface area (Å²) in [4.78, 5) is 27.4. The predicted octanol–water partition coefficient (Wildman–Crippen LogP) is 2.71. The van der Waals surface area contributed by atoms with Crippen molar-refractivity contribution in [3.05, 3.63) is 89.5 Å². The molecule has 0 atom stereocenters. The number of sulfonamides is 1. The van der Waals surface area contributed by atoms with Crippen molar-refractivity contribution in [1.82, 2.24) is 34.5 Å². The minimum absolute atomic E-state index is 0.0627. The standard InChI is InChI=1S/C27H27N7O4S/c35-27-32-26-19(15-34(27)22-2-1-3-23(13-22)38-16-21-14-29-17-30-21)12-25(31-26)18-4-6-24(7-5-18)39(36,37)33-20-8-10-28-11-9-20/h1-7,12-15,17,20,28,33H,8-11,16H2,(H,29,30)(H,31,32,35). The molecule has 4 heterocycles. The zero-order chi connectivity index (χ0) is 26.8. The molecule has 0 amide bonds. The molecule has 6 rings (SSSR count). The molecule has 39 heavy (non-hydrogen) atoms. The lowest BCUT2D eigenvalue weighted by atomic mass is 10.1. The van der Waals surface area contributed by atoms with E-state index in [9.17, 15) is 13.2 Å². The Morgan fingerprint density at radius 1 is 1.08 bits per heavy atom. The van der Waals surface area contributed by atoms with E-state index in [4.69, 9.17) is 4.74 Å². The van der Waals surface area contributed by atoms with E-state index in [0.717, 1.165) is 48.3 Å². The van der Waals surface area contributed by atoms with Crippen molar-refractivity contribution in [3.8, 4) is 22.7 Å². The van der Waals surface area contributed by atoms with Gasteiger partial charge in [-0.25, -0.2) is 22.9 Å². The number of rotatable bonds is 8. The number of H-pyrrole nitrogens is 2. The van der Waals surface area contributed by atoms with Crippen molar-refractivity contribution in [2.24, 2.45) is 0 Å². The number of aromatic nitrogens is 5. The van der Waals surface area contributed by atoms with Crippen molar-refractivity contribution in [3.63, 3.8) is 0 Å². The summed E-state index contributed by atoms with van der Waals surface area (Å²) in [6.07, 6.45) is 6.53. The third-order valence-electron chi connectivity index (χ3n) is 6.69. The number of hydrogen-bond acceptors (Lipinski definition) is 7. The topological polar surface area (TPSA) is 147 Å². The average Bonchev–Trinajstić information content (AvgIpc) is 3.62. The highest BCUT2D eigenvalue weighted by molar-refractivity contribution is 7.89. The van der Waals surface area contributed by atoms with E-state index in [1.54, 1.807) is 49.1 Å². The Labute approximate surface area is 224 Å². The lowest BCUT2D eigenvalue weighted by Crippen LogP contribution is -2.42. The van der Waals surface area contributed by atoms with Crippen molar-refractivity contribution >= 4 is 21.1 Å². The highest BCUT2D eigenvalue weighted by Gasteiger charge is 2.21. The molecule has 1 aliphatic rings. The summed E-state index contributed by atoms with van der Waals surface area (Å²) in [5.41, 5.74) is 2.97. The fourth-order valence-corrected chi connectivity index (χ4v) is 5.93.